The Hall–Kier alpha value is -0.430. The Balaban J connectivity index is 1.88. The Labute approximate surface area is 129 Å². The number of amides is 2. The molecule has 0 aliphatic carbocycles. The summed E-state index contributed by atoms with van der Waals surface area (Å²) in [5, 5.41) is 4.11. The van der Waals surface area contributed by atoms with E-state index in [1.165, 1.54) is 0 Å². The van der Waals surface area contributed by atoms with Gasteiger partial charge in [-0.3, -0.25) is 18.1 Å². The van der Waals surface area contributed by atoms with Gasteiger partial charge in [0.15, 0.2) is 0 Å². The largest absolute Gasteiger partial charge is 0.436 e. The van der Waals surface area contributed by atoms with Gasteiger partial charge in [-0.1, -0.05) is 27.7 Å². The van der Waals surface area contributed by atoms with Gasteiger partial charge in [-0.25, -0.2) is 24.1 Å². The molecule has 2 aliphatic rings. The van der Waals surface area contributed by atoms with E-state index in [0.717, 1.165) is 0 Å². The second-order valence-corrected chi connectivity index (χ2v) is 10.4. The maximum absolute atomic E-state index is 12.2. The highest BCUT2D eigenvalue weighted by molar-refractivity contribution is 7.54. The third-order valence-corrected chi connectivity index (χ3v) is 5.81. The number of carbonyl (C=O) groups excluding carboxylic acids is 1. The molecule has 0 unspecified atom stereocenters. The van der Waals surface area contributed by atoms with E-state index in [9.17, 15) is 13.9 Å². The summed E-state index contributed by atoms with van der Waals surface area (Å²) in [7, 11) is -7.53. The summed E-state index contributed by atoms with van der Waals surface area (Å²) in [6.07, 6.45) is 0. The summed E-state index contributed by atoms with van der Waals surface area (Å²) < 4.78 is 44.8. The number of nitrogens with one attached hydrogen (secondary N) is 2. The highest BCUT2D eigenvalue weighted by Crippen LogP contribution is 2.52. The minimum Gasteiger partial charge on any atom is -0.292 e. The first-order chi connectivity index (χ1) is 9.93. The summed E-state index contributed by atoms with van der Waals surface area (Å²) in [5.74, 6) is 0. The molecule has 0 aromatic rings. The van der Waals surface area contributed by atoms with Crippen molar-refractivity contribution in [2.75, 3.05) is 26.4 Å². The minimum absolute atomic E-state index is 0.170. The quantitative estimate of drug-likeness (QED) is 0.732. The molecule has 11 heteroatoms. The van der Waals surface area contributed by atoms with Crippen LogP contribution in [-0.4, -0.2) is 32.5 Å². The fourth-order valence-electron chi connectivity index (χ4n) is 1.60. The molecule has 2 N–H and O–H groups in total. The van der Waals surface area contributed by atoms with Crippen molar-refractivity contribution < 1.29 is 32.0 Å². The van der Waals surface area contributed by atoms with Gasteiger partial charge in [0, 0.05) is 10.8 Å². The lowest BCUT2D eigenvalue weighted by atomic mass is 9.97. The van der Waals surface area contributed by atoms with Crippen LogP contribution in [0.1, 0.15) is 27.7 Å². The molecule has 0 bridgehead atoms. The average molecular weight is 356 g/mol. The Kier molecular flexibility index (Phi) is 4.80. The molecule has 0 atom stereocenters. The third-order valence-electron chi connectivity index (χ3n) is 2.98. The lowest BCUT2D eigenvalue weighted by Gasteiger charge is -2.35. The number of hydrogen-bond acceptors (Lipinski definition) is 7. The second-order valence-electron chi connectivity index (χ2n) is 6.97. The van der Waals surface area contributed by atoms with Gasteiger partial charge in [-0.15, -0.1) is 0 Å². The van der Waals surface area contributed by atoms with E-state index in [2.05, 4.69) is 10.2 Å². The maximum Gasteiger partial charge on any atom is 0.436 e. The van der Waals surface area contributed by atoms with Crippen LogP contribution in [0.25, 0.3) is 0 Å². The van der Waals surface area contributed by atoms with Crippen molar-refractivity contribution in [3.63, 3.8) is 0 Å². The maximum atomic E-state index is 12.2. The molecule has 0 aromatic heterocycles. The summed E-state index contributed by atoms with van der Waals surface area (Å²) in [6, 6.07) is -0.994. The van der Waals surface area contributed by atoms with Crippen LogP contribution >= 0.6 is 15.5 Å². The van der Waals surface area contributed by atoms with Crippen molar-refractivity contribution in [3.05, 3.63) is 0 Å². The van der Waals surface area contributed by atoms with Crippen molar-refractivity contribution in [1.29, 1.82) is 0 Å². The molecule has 22 heavy (non-hydrogen) atoms. The SMILES string of the molecule is CC1(C)COP(=O)(NC(=O)NP2(=O)OCC(C)(C)CO2)OC1. The normalized spacial score (nSPS) is 28.5. The molecule has 0 radical (unpaired) electrons. The monoisotopic (exact) mass is 356 g/mol. The van der Waals surface area contributed by atoms with E-state index >= 15 is 0 Å². The molecular formula is C11H22N2O7P2. The van der Waals surface area contributed by atoms with E-state index in [1.807, 2.05) is 27.7 Å². The average Bonchev–Trinajstić information content (AvgIpc) is 2.38. The molecule has 2 saturated heterocycles. The van der Waals surface area contributed by atoms with Crippen LogP contribution in [0.4, 0.5) is 4.79 Å². The lowest BCUT2D eigenvalue weighted by molar-refractivity contribution is 0.0363. The van der Waals surface area contributed by atoms with Crippen molar-refractivity contribution in [3.8, 4) is 0 Å². The molecule has 0 saturated carbocycles. The molecule has 9 nitrogen and oxygen atoms in total. The van der Waals surface area contributed by atoms with E-state index in [-0.39, 0.29) is 37.3 Å². The second kappa shape index (κ2) is 5.89. The number of hydrogen-bond donors (Lipinski definition) is 2. The van der Waals surface area contributed by atoms with Crippen molar-refractivity contribution >= 4 is 21.5 Å². The van der Waals surface area contributed by atoms with Crippen molar-refractivity contribution in [2.45, 2.75) is 27.7 Å². The summed E-state index contributed by atoms with van der Waals surface area (Å²) in [5.41, 5.74) is -0.583. The van der Waals surface area contributed by atoms with Crippen molar-refractivity contribution in [2.24, 2.45) is 10.8 Å². The van der Waals surface area contributed by atoms with Gasteiger partial charge in [0.05, 0.1) is 26.4 Å². The van der Waals surface area contributed by atoms with Crippen molar-refractivity contribution in [1.82, 2.24) is 10.2 Å². The van der Waals surface area contributed by atoms with Gasteiger partial charge in [0.2, 0.25) is 0 Å². The molecule has 128 valence electrons. The molecule has 0 aromatic carbocycles. The zero-order valence-corrected chi connectivity index (χ0v) is 14.9. The van der Waals surface area contributed by atoms with Crippen LogP contribution in [0.3, 0.4) is 0 Å². The highest BCUT2D eigenvalue weighted by atomic mass is 31.2. The predicted molar refractivity (Wildman–Crippen MR) is 78.3 cm³/mol. The molecule has 2 fully saturated rings. The fraction of sp³-hybridized carbons (Fsp3) is 0.909. The Morgan fingerprint density at radius 2 is 1.05 bits per heavy atom. The predicted octanol–water partition coefficient (Wildman–Crippen LogP) is 2.65. The van der Waals surface area contributed by atoms with E-state index in [1.54, 1.807) is 0 Å². The Morgan fingerprint density at radius 3 is 1.32 bits per heavy atom. The van der Waals surface area contributed by atoms with Gasteiger partial charge in [-0.2, -0.15) is 0 Å². The molecule has 2 aliphatic heterocycles. The van der Waals surface area contributed by atoms with E-state index in [4.69, 9.17) is 18.1 Å². The first-order valence-electron chi connectivity index (χ1n) is 6.82. The van der Waals surface area contributed by atoms with Crippen LogP contribution < -0.4 is 10.2 Å². The molecule has 2 amide bonds. The topological polar surface area (TPSA) is 112 Å². The van der Waals surface area contributed by atoms with Crippen LogP contribution in [0.5, 0.6) is 0 Å². The first-order valence-corrected chi connectivity index (χ1v) is 9.90. The summed E-state index contributed by atoms with van der Waals surface area (Å²) in [6.45, 7) is 8.18. The Morgan fingerprint density at radius 1 is 0.773 bits per heavy atom. The number of rotatable bonds is 2. The van der Waals surface area contributed by atoms with E-state index in [0.29, 0.717) is 0 Å². The zero-order chi connectivity index (χ0) is 16.6. The summed E-state index contributed by atoms with van der Waals surface area (Å²) >= 11 is 0. The third kappa shape index (κ3) is 4.78. The van der Waals surface area contributed by atoms with Gasteiger partial charge in [-0.05, 0) is 0 Å². The van der Waals surface area contributed by atoms with Crippen LogP contribution in [0.15, 0.2) is 0 Å². The number of carbonyl (C=O) groups is 1. The lowest BCUT2D eigenvalue weighted by Crippen LogP contribution is -2.40. The molecular weight excluding hydrogens is 334 g/mol. The standard InChI is InChI=1S/C11H22N2O7P2/c1-10(2)5-17-21(15,18-6-10)12-9(14)13-22(16)19-7-11(3,4)8-20-22/h5-8H2,1-4H3,(H2,12,13,14,15,16). The van der Waals surface area contributed by atoms with Crippen LogP contribution in [0, 0.1) is 10.8 Å². The summed E-state index contributed by atoms with van der Waals surface area (Å²) in [4.78, 5) is 11.8. The fourth-order valence-corrected chi connectivity index (χ4v) is 4.78. The Bertz CT molecular complexity index is 475. The van der Waals surface area contributed by atoms with Gasteiger partial charge < -0.3 is 0 Å². The molecule has 0 spiro atoms. The number of urea groups is 1. The van der Waals surface area contributed by atoms with Gasteiger partial charge in [0.25, 0.3) is 0 Å². The van der Waals surface area contributed by atoms with Crippen LogP contribution in [0.2, 0.25) is 0 Å². The highest BCUT2D eigenvalue weighted by Gasteiger charge is 2.42. The minimum atomic E-state index is -3.77. The van der Waals surface area contributed by atoms with Gasteiger partial charge in [0.1, 0.15) is 0 Å². The molecule has 2 heterocycles. The zero-order valence-electron chi connectivity index (χ0n) is 13.1. The first kappa shape index (κ1) is 17.9. The smallest absolute Gasteiger partial charge is 0.292 e. The van der Waals surface area contributed by atoms with E-state index < -0.39 is 21.5 Å². The van der Waals surface area contributed by atoms with Gasteiger partial charge >= 0.3 is 21.5 Å². The van der Waals surface area contributed by atoms with Crippen LogP contribution in [-0.2, 0) is 27.2 Å². The molecule has 2 rings (SSSR count).